The van der Waals surface area contributed by atoms with Gasteiger partial charge < -0.3 is 9.64 Å². The molecule has 0 aliphatic carbocycles. The van der Waals surface area contributed by atoms with E-state index in [4.69, 9.17) is 16.3 Å². The fourth-order valence-corrected chi connectivity index (χ4v) is 4.40. The Bertz CT molecular complexity index is 1100. The van der Waals surface area contributed by atoms with Crippen molar-refractivity contribution >= 4 is 29.3 Å². The summed E-state index contributed by atoms with van der Waals surface area (Å²) < 4.78 is 6.98. The van der Waals surface area contributed by atoms with Gasteiger partial charge in [0.05, 0.1) is 18.4 Å². The zero-order chi connectivity index (χ0) is 21.8. The molecule has 0 N–H and O–H groups in total. The van der Waals surface area contributed by atoms with Crippen LogP contribution in [-0.4, -0.2) is 56.1 Å². The molecule has 1 atom stereocenters. The zero-order valence-corrected chi connectivity index (χ0v) is 18.1. The van der Waals surface area contributed by atoms with Crippen LogP contribution < -0.4 is 0 Å². The molecule has 162 valence electrons. The molecule has 31 heavy (non-hydrogen) atoms. The van der Waals surface area contributed by atoms with Crippen molar-refractivity contribution in [2.45, 2.75) is 32.6 Å². The molecule has 2 aromatic heterocycles. The summed E-state index contributed by atoms with van der Waals surface area (Å²) in [4.78, 5) is 36.1. The van der Waals surface area contributed by atoms with Crippen molar-refractivity contribution in [3.05, 3.63) is 59.1 Å². The van der Waals surface area contributed by atoms with Crippen LogP contribution in [0.2, 0.25) is 5.02 Å². The summed E-state index contributed by atoms with van der Waals surface area (Å²) in [5, 5.41) is 4.69. The number of carbonyl (C=O) groups is 2. The molecule has 8 nitrogen and oxygen atoms in total. The van der Waals surface area contributed by atoms with Crippen molar-refractivity contribution in [3.63, 3.8) is 0 Å². The van der Waals surface area contributed by atoms with Crippen LogP contribution in [0, 0.1) is 5.41 Å². The van der Waals surface area contributed by atoms with Gasteiger partial charge in [0, 0.05) is 30.5 Å². The van der Waals surface area contributed by atoms with Gasteiger partial charge in [-0.3, -0.25) is 9.59 Å². The van der Waals surface area contributed by atoms with E-state index in [0.717, 1.165) is 17.5 Å². The van der Waals surface area contributed by atoms with E-state index >= 15 is 0 Å². The molecule has 3 heterocycles. The highest BCUT2D eigenvalue weighted by atomic mass is 35.5. The number of piperidine rings is 1. The molecule has 1 fully saturated rings. The lowest BCUT2D eigenvalue weighted by Crippen LogP contribution is -2.52. The fraction of sp³-hybridized carbons (Fsp3) is 0.409. The Morgan fingerprint density at radius 3 is 2.94 bits per heavy atom. The quantitative estimate of drug-likeness (QED) is 0.546. The molecule has 0 radical (unpaired) electrons. The number of fused-ring (bicyclic) bond motifs is 1. The van der Waals surface area contributed by atoms with Crippen molar-refractivity contribution in [3.8, 4) is 0 Å². The number of amides is 1. The van der Waals surface area contributed by atoms with Crippen LogP contribution in [0.15, 0.2) is 43.0 Å². The Balaban J connectivity index is 1.54. The summed E-state index contributed by atoms with van der Waals surface area (Å²) >= 11 is 6.15. The number of esters is 1. The fourth-order valence-electron chi connectivity index (χ4n) is 4.19. The Kier molecular flexibility index (Phi) is 6.18. The molecule has 0 saturated carbocycles. The second kappa shape index (κ2) is 9.01. The highest BCUT2D eigenvalue weighted by molar-refractivity contribution is 6.30. The zero-order valence-electron chi connectivity index (χ0n) is 17.3. The Morgan fingerprint density at radius 1 is 1.26 bits per heavy atom. The lowest BCUT2D eigenvalue weighted by molar-refractivity contribution is -0.160. The molecule has 0 unspecified atom stereocenters. The number of halogens is 1. The number of nitrogens with zero attached hydrogens (tertiary/aromatic N) is 5. The van der Waals surface area contributed by atoms with E-state index in [2.05, 4.69) is 15.1 Å². The second-order valence-corrected chi connectivity index (χ2v) is 8.31. The summed E-state index contributed by atoms with van der Waals surface area (Å²) in [6, 6.07) is 7.49. The van der Waals surface area contributed by atoms with Crippen LogP contribution >= 0.6 is 11.6 Å². The number of aromatic nitrogens is 4. The van der Waals surface area contributed by atoms with E-state index in [9.17, 15) is 9.59 Å². The first-order valence-corrected chi connectivity index (χ1v) is 10.7. The second-order valence-electron chi connectivity index (χ2n) is 7.87. The highest BCUT2D eigenvalue weighted by Gasteiger charge is 2.44. The predicted molar refractivity (Wildman–Crippen MR) is 115 cm³/mol. The molecule has 1 aliphatic rings. The van der Waals surface area contributed by atoms with Gasteiger partial charge >= 0.3 is 5.97 Å². The predicted octanol–water partition coefficient (Wildman–Crippen LogP) is 2.73. The SMILES string of the molecule is CCOC(=O)[C@]1(Cc2cccc(Cl)c2)CCCN(C(=O)Cc2cnc3ncnn3c2)C1. The third kappa shape index (κ3) is 4.69. The third-order valence-electron chi connectivity index (χ3n) is 5.61. The lowest BCUT2D eigenvalue weighted by atomic mass is 9.75. The van der Waals surface area contributed by atoms with Gasteiger partial charge in [-0.25, -0.2) is 9.50 Å². The van der Waals surface area contributed by atoms with E-state index in [1.807, 2.05) is 18.2 Å². The Labute approximate surface area is 185 Å². The molecular formula is C22H24ClN5O3. The first-order valence-electron chi connectivity index (χ1n) is 10.3. The lowest BCUT2D eigenvalue weighted by Gasteiger charge is -2.41. The molecule has 0 bridgehead atoms. The minimum atomic E-state index is -0.789. The van der Waals surface area contributed by atoms with E-state index in [1.165, 1.54) is 6.33 Å². The maximum Gasteiger partial charge on any atom is 0.314 e. The van der Waals surface area contributed by atoms with Crippen LogP contribution in [0.5, 0.6) is 0 Å². The van der Waals surface area contributed by atoms with Gasteiger partial charge in [-0.15, -0.1) is 0 Å². The standard InChI is InChI=1S/C22H24ClN5O3/c1-2-31-20(30)22(11-16-5-3-6-18(23)9-16)7-4-8-27(14-22)19(29)10-17-12-24-21-25-15-26-28(21)13-17/h3,5-6,9,12-13,15H,2,4,7-8,10-11,14H2,1H3/t22-/m0/s1. The van der Waals surface area contributed by atoms with Gasteiger partial charge in [0.15, 0.2) is 0 Å². The number of ether oxygens (including phenoxy) is 1. The summed E-state index contributed by atoms with van der Waals surface area (Å²) in [6.45, 7) is 3.02. The van der Waals surface area contributed by atoms with Crippen molar-refractivity contribution < 1.29 is 14.3 Å². The first-order chi connectivity index (χ1) is 15.0. The van der Waals surface area contributed by atoms with Gasteiger partial charge in [-0.05, 0) is 49.4 Å². The Hall–Kier alpha value is -3.00. The monoisotopic (exact) mass is 441 g/mol. The first kappa shape index (κ1) is 21.2. The van der Waals surface area contributed by atoms with Gasteiger partial charge in [0.2, 0.25) is 5.91 Å². The largest absolute Gasteiger partial charge is 0.466 e. The van der Waals surface area contributed by atoms with Crippen molar-refractivity contribution in [2.24, 2.45) is 5.41 Å². The Morgan fingerprint density at radius 2 is 2.13 bits per heavy atom. The summed E-state index contributed by atoms with van der Waals surface area (Å²) in [5.41, 5.74) is 0.906. The number of likely N-dealkylation sites (tertiary alicyclic amines) is 1. The molecule has 9 heteroatoms. The number of hydrogen-bond donors (Lipinski definition) is 0. The number of benzene rings is 1. The number of hydrogen-bond acceptors (Lipinski definition) is 6. The normalized spacial score (nSPS) is 18.8. The molecule has 1 amide bonds. The highest BCUT2D eigenvalue weighted by Crippen LogP contribution is 2.36. The van der Waals surface area contributed by atoms with E-state index in [0.29, 0.717) is 43.3 Å². The maximum absolute atomic E-state index is 13.1. The van der Waals surface area contributed by atoms with Gasteiger partial charge in [0.1, 0.15) is 6.33 Å². The van der Waals surface area contributed by atoms with Crippen LogP contribution in [0.1, 0.15) is 30.9 Å². The topological polar surface area (TPSA) is 89.7 Å². The minimum absolute atomic E-state index is 0.0549. The number of rotatable bonds is 6. The van der Waals surface area contributed by atoms with Gasteiger partial charge in [-0.2, -0.15) is 10.1 Å². The van der Waals surface area contributed by atoms with Gasteiger partial charge in [-0.1, -0.05) is 23.7 Å². The van der Waals surface area contributed by atoms with Crippen LogP contribution in [-0.2, 0) is 27.2 Å². The molecule has 4 rings (SSSR count). The van der Waals surface area contributed by atoms with Gasteiger partial charge in [0.25, 0.3) is 5.78 Å². The molecular weight excluding hydrogens is 418 g/mol. The van der Waals surface area contributed by atoms with Crippen LogP contribution in [0.4, 0.5) is 0 Å². The maximum atomic E-state index is 13.1. The average molecular weight is 442 g/mol. The summed E-state index contributed by atoms with van der Waals surface area (Å²) in [5.74, 6) is 0.163. The van der Waals surface area contributed by atoms with Crippen LogP contribution in [0.25, 0.3) is 5.78 Å². The molecule has 1 aromatic carbocycles. The van der Waals surface area contributed by atoms with Crippen LogP contribution in [0.3, 0.4) is 0 Å². The molecule has 1 aliphatic heterocycles. The summed E-state index contributed by atoms with van der Waals surface area (Å²) in [7, 11) is 0. The van der Waals surface area contributed by atoms with Crippen molar-refractivity contribution in [2.75, 3.05) is 19.7 Å². The van der Waals surface area contributed by atoms with E-state index in [-0.39, 0.29) is 18.3 Å². The van der Waals surface area contributed by atoms with Crippen molar-refractivity contribution in [1.82, 2.24) is 24.5 Å². The average Bonchev–Trinajstić information content (AvgIpc) is 3.22. The van der Waals surface area contributed by atoms with E-state index in [1.54, 1.807) is 34.8 Å². The third-order valence-corrected chi connectivity index (χ3v) is 5.85. The number of carbonyl (C=O) groups excluding carboxylic acids is 2. The molecule has 3 aromatic rings. The van der Waals surface area contributed by atoms with Crippen molar-refractivity contribution in [1.29, 1.82) is 0 Å². The van der Waals surface area contributed by atoms with E-state index < -0.39 is 5.41 Å². The smallest absolute Gasteiger partial charge is 0.314 e. The summed E-state index contributed by atoms with van der Waals surface area (Å²) in [6.07, 6.45) is 6.85. The molecule has 1 saturated heterocycles. The molecule has 0 spiro atoms. The minimum Gasteiger partial charge on any atom is -0.466 e.